The maximum atomic E-state index is 12.6. The second-order valence-corrected chi connectivity index (χ2v) is 15.0. The number of hydrogen-bond acceptors (Lipinski definition) is 3. The first-order chi connectivity index (χ1) is 19.5. The van der Waals surface area contributed by atoms with E-state index in [9.17, 15) is 9.79 Å². The summed E-state index contributed by atoms with van der Waals surface area (Å²) >= 11 is 0. The third-order valence-electron chi connectivity index (χ3n) is 8.28. The molecule has 0 spiro atoms. The molecule has 2 rings (SSSR count). The van der Waals surface area contributed by atoms with Crippen molar-refractivity contribution in [2.45, 2.75) is 149 Å². The van der Waals surface area contributed by atoms with E-state index in [0.717, 1.165) is 49.7 Å². The quantitative estimate of drug-likeness (QED) is 0.0972. The topological polar surface area (TPSA) is 49.7 Å². The molecule has 0 aliphatic rings. The first-order valence-corrected chi connectivity index (χ1v) is 18.9. The van der Waals surface area contributed by atoms with Gasteiger partial charge in [-0.2, -0.15) is 0 Å². The predicted molar refractivity (Wildman–Crippen MR) is 177 cm³/mol. The van der Waals surface area contributed by atoms with E-state index in [1.54, 1.807) is 0 Å². The fraction of sp³-hybridized carbons (Fsp3) is 0.667. The number of unbranched alkanes of at least 4 members (excludes halogenated alkanes) is 15. The van der Waals surface area contributed by atoms with Gasteiger partial charge in [-0.25, -0.2) is 0 Å². The van der Waals surface area contributed by atoms with E-state index in [4.69, 9.17) is 4.52 Å². The molecule has 3 nitrogen and oxygen atoms in total. The van der Waals surface area contributed by atoms with Gasteiger partial charge >= 0.3 is 248 Å². The Morgan fingerprint density at radius 2 is 0.825 bits per heavy atom. The Kier molecular flexibility index (Phi) is 17.3. The molecule has 40 heavy (non-hydrogen) atoms. The van der Waals surface area contributed by atoms with Crippen LogP contribution >= 0.6 is 7.28 Å². The molecule has 0 unspecified atom stereocenters. The molecule has 0 radical (unpaired) electrons. The molecular formula is C36H61O3P. The molecule has 0 aliphatic heterocycles. The molecule has 0 fully saturated rings. The summed E-state index contributed by atoms with van der Waals surface area (Å²) in [7, 11) is -4.84. The van der Waals surface area contributed by atoms with E-state index in [2.05, 4.69) is 32.9 Å². The Hall–Kier alpha value is -1.25. The van der Waals surface area contributed by atoms with Crippen LogP contribution in [0, 0.1) is 0 Å². The number of aryl methyl sites for hydroxylation is 2. The van der Waals surface area contributed by atoms with Gasteiger partial charge in [-0.05, 0) is 0 Å². The molecule has 0 heterocycles. The minimum absolute atomic E-state index is 0.369. The number of benzene rings is 2. The molecule has 0 amide bonds. The fourth-order valence-corrected chi connectivity index (χ4v) is 8.94. The summed E-state index contributed by atoms with van der Waals surface area (Å²) in [6.45, 7) is 7.10. The van der Waals surface area contributed by atoms with Crippen LogP contribution in [0.15, 0.2) is 48.5 Å². The Balaban J connectivity index is 2.30. The zero-order valence-electron chi connectivity index (χ0n) is 26.2. The summed E-state index contributed by atoms with van der Waals surface area (Å²) < 4.78 is 6.44. The van der Waals surface area contributed by atoms with Gasteiger partial charge in [0.2, 0.25) is 0 Å². The van der Waals surface area contributed by atoms with Crippen molar-refractivity contribution in [2.75, 3.05) is 6.61 Å². The normalized spacial score (nSPS) is 12.9. The minimum atomic E-state index is -4.84. The molecule has 2 N–H and O–H groups in total. The Morgan fingerprint density at radius 3 is 1.25 bits per heavy atom. The van der Waals surface area contributed by atoms with E-state index in [1.165, 1.54) is 89.9 Å². The van der Waals surface area contributed by atoms with Gasteiger partial charge in [0.25, 0.3) is 0 Å². The Labute approximate surface area is 247 Å². The van der Waals surface area contributed by atoms with Crippen LogP contribution in [0.25, 0.3) is 0 Å². The van der Waals surface area contributed by atoms with Gasteiger partial charge in [0.1, 0.15) is 0 Å². The molecule has 0 aliphatic carbocycles. The van der Waals surface area contributed by atoms with Crippen LogP contribution in [0.4, 0.5) is 0 Å². The van der Waals surface area contributed by atoms with Gasteiger partial charge < -0.3 is 0 Å². The van der Waals surface area contributed by atoms with E-state index < -0.39 is 7.28 Å². The molecule has 0 saturated heterocycles. The molecule has 4 heteroatoms. The van der Waals surface area contributed by atoms with Crippen LogP contribution in [-0.2, 0) is 17.4 Å². The average molecular weight is 573 g/mol. The average Bonchev–Trinajstić information content (AvgIpc) is 2.97. The third-order valence-corrected chi connectivity index (χ3v) is 11.6. The van der Waals surface area contributed by atoms with E-state index in [0.29, 0.717) is 17.2 Å². The summed E-state index contributed by atoms with van der Waals surface area (Å²) in [5.41, 5.74) is 2.05. The molecule has 0 aromatic heterocycles. The van der Waals surface area contributed by atoms with Crippen molar-refractivity contribution in [3.63, 3.8) is 0 Å². The van der Waals surface area contributed by atoms with Crippen LogP contribution in [0.2, 0.25) is 0 Å². The Morgan fingerprint density at radius 1 is 0.475 bits per heavy atom. The van der Waals surface area contributed by atoms with Crippen molar-refractivity contribution in [2.24, 2.45) is 0 Å². The molecule has 0 atom stereocenters. The van der Waals surface area contributed by atoms with Gasteiger partial charge in [0.05, 0.1) is 0 Å². The van der Waals surface area contributed by atoms with Crippen molar-refractivity contribution in [3.8, 4) is 0 Å². The first kappa shape index (κ1) is 34.9. The van der Waals surface area contributed by atoms with Gasteiger partial charge in [-0.3, -0.25) is 0 Å². The standard InChI is InChI=1S/C36H61O3P/c1-4-7-10-13-16-19-26-33-28-21-23-30-35(33)40(37,38,39-32-25-18-15-12-9-6-3)36-31-24-22-29-34(36)27-20-17-14-11-8-5-2/h21-24,28-31,37-38H,4-20,25-27,32H2,1-3H3. The second kappa shape index (κ2) is 19.8. The van der Waals surface area contributed by atoms with Crippen LogP contribution < -0.4 is 10.6 Å². The van der Waals surface area contributed by atoms with Gasteiger partial charge in [0, 0.05) is 0 Å². The van der Waals surface area contributed by atoms with Crippen molar-refractivity contribution < 1.29 is 14.3 Å². The summed E-state index contributed by atoms with van der Waals surface area (Å²) in [4.78, 5) is 25.3. The van der Waals surface area contributed by atoms with Crippen molar-refractivity contribution in [1.82, 2.24) is 0 Å². The first-order valence-electron chi connectivity index (χ1n) is 16.8. The maximum absolute atomic E-state index is 12.6. The van der Waals surface area contributed by atoms with Gasteiger partial charge in [-0.1, -0.05) is 0 Å². The molecule has 2 aromatic rings. The molecule has 228 valence electrons. The van der Waals surface area contributed by atoms with E-state index in [-0.39, 0.29) is 0 Å². The second-order valence-electron chi connectivity index (χ2n) is 11.8. The molecule has 0 bridgehead atoms. The SMILES string of the molecule is CCCCCCCCOP(O)(O)(c1ccccc1CCCCCCCC)c1ccccc1CCCCCCCC. The van der Waals surface area contributed by atoms with E-state index >= 15 is 0 Å². The number of rotatable bonds is 24. The third kappa shape index (κ3) is 11.6. The van der Waals surface area contributed by atoms with Crippen molar-refractivity contribution in [1.29, 1.82) is 0 Å². The van der Waals surface area contributed by atoms with Crippen LogP contribution in [0.3, 0.4) is 0 Å². The summed E-state index contributed by atoms with van der Waals surface area (Å²) in [6.07, 6.45) is 23.1. The Bertz CT molecular complexity index is 862. The van der Waals surface area contributed by atoms with Crippen molar-refractivity contribution in [3.05, 3.63) is 59.7 Å². The van der Waals surface area contributed by atoms with Crippen molar-refractivity contribution >= 4 is 17.9 Å². The summed E-state index contributed by atoms with van der Waals surface area (Å²) in [5, 5.41) is 1.23. The van der Waals surface area contributed by atoms with Crippen LogP contribution in [0.1, 0.15) is 147 Å². The van der Waals surface area contributed by atoms with Gasteiger partial charge in [-0.15, -0.1) is 0 Å². The summed E-state index contributed by atoms with van der Waals surface area (Å²) in [6, 6.07) is 16.0. The van der Waals surface area contributed by atoms with Crippen LogP contribution in [0.5, 0.6) is 0 Å². The zero-order chi connectivity index (χ0) is 29.0. The molecular weight excluding hydrogens is 511 g/mol. The summed E-state index contributed by atoms with van der Waals surface area (Å²) in [5.74, 6) is 0. The molecule has 0 saturated carbocycles. The van der Waals surface area contributed by atoms with Gasteiger partial charge in [0.15, 0.2) is 0 Å². The molecule has 2 aromatic carbocycles. The van der Waals surface area contributed by atoms with E-state index in [1.807, 2.05) is 36.4 Å². The predicted octanol–water partition coefficient (Wildman–Crippen LogP) is 10.1. The number of hydrogen-bond donors (Lipinski definition) is 2. The zero-order valence-corrected chi connectivity index (χ0v) is 27.1. The monoisotopic (exact) mass is 572 g/mol. The fourth-order valence-electron chi connectivity index (χ4n) is 5.81. The van der Waals surface area contributed by atoms with Crippen LogP contribution in [-0.4, -0.2) is 16.4 Å².